The minimum absolute atomic E-state index is 0. The second-order valence-electron chi connectivity index (χ2n) is 15.0. The minimum atomic E-state index is -1.44. The molecule has 0 spiro atoms. The summed E-state index contributed by atoms with van der Waals surface area (Å²) in [7, 11) is -3.90. The van der Waals surface area contributed by atoms with Gasteiger partial charge in [0.1, 0.15) is 24.3 Å². The number of carbonyl (C=O) groups is 1. The molecular formula is C44H74BBr3F3N3NaO8S3Ti. The third-order valence-corrected chi connectivity index (χ3v) is 11.8. The number of benzene rings is 3. The number of rotatable bonds is 9. The molecule has 3 rings (SSSR count). The van der Waals surface area contributed by atoms with Crippen LogP contribution in [0.3, 0.4) is 0 Å². The number of carbonyl (C=O) groups excluding carboxylic acids is 1. The minimum Gasteiger partial charge on any atom is -1.00 e. The normalized spacial score (nSPS) is 12.1. The molecule has 3 aromatic rings. The number of hydrogen-bond acceptors (Lipinski definition) is 8. The largest absolute Gasteiger partial charge is 1.00 e. The van der Waals surface area contributed by atoms with Crippen molar-refractivity contribution in [1.29, 1.82) is 0 Å². The van der Waals surface area contributed by atoms with Crippen molar-refractivity contribution in [2.24, 2.45) is 9.54 Å². The number of aliphatic hydroxyl groups excluding tert-OH is 4. The van der Waals surface area contributed by atoms with E-state index in [1.165, 1.54) is 0 Å². The Balaban J connectivity index is -0.0000000911. The summed E-state index contributed by atoms with van der Waals surface area (Å²) in [5, 5.41) is 35.3. The summed E-state index contributed by atoms with van der Waals surface area (Å²) in [4.78, 5) is 10.8. The Labute approximate surface area is 473 Å². The van der Waals surface area contributed by atoms with Crippen LogP contribution < -0.4 is 39.4 Å². The van der Waals surface area contributed by atoms with E-state index in [-0.39, 0.29) is 98.0 Å². The number of hydrogen-bond donors (Lipinski definition) is 6. The van der Waals surface area contributed by atoms with E-state index in [1.807, 2.05) is 92.6 Å². The molecule has 0 fully saturated rings. The average Bonchev–Trinajstić information content (AvgIpc) is 3.19. The van der Waals surface area contributed by atoms with Crippen LogP contribution in [0.15, 0.2) is 90.6 Å². The Morgan fingerprint density at radius 3 is 1.30 bits per heavy atom. The van der Waals surface area contributed by atoms with E-state index in [1.54, 1.807) is 70.2 Å². The molecular weight excluding hydrogens is 1170 g/mol. The van der Waals surface area contributed by atoms with Gasteiger partial charge in [0.25, 0.3) is 0 Å². The van der Waals surface area contributed by atoms with Gasteiger partial charge in [0.05, 0.1) is 48.0 Å². The first-order chi connectivity index (χ1) is 29.5. The molecule has 0 saturated carbocycles. The van der Waals surface area contributed by atoms with E-state index in [0.717, 1.165) is 19.0 Å². The predicted molar refractivity (Wildman–Crippen MR) is 283 cm³/mol. The van der Waals surface area contributed by atoms with Gasteiger partial charge < -0.3 is 21.9 Å². The van der Waals surface area contributed by atoms with Crippen LogP contribution in [0.1, 0.15) is 119 Å². The van der Waals surface area contributed by atoms with Crippen molar-refractivity contribution in [3.8, 4) is 0 Å². The third-order valence-electron chi connectivity index (χ3n) is 6.08. The monoisotopic (exact) mass is 1240 g/mol. The first-order valence-electron chi connectivity index (χ1n) is 19.8. The molecule has 0 aromatic heterocycles. The molecule has 4 atom stereocenters. The molecule has 67 heavy (non-hydrogen) atoms. The van der Waals surface area contributed by atoms with Crippen LogP contribution in [0.4, 0.5) is 13.2 Å². The van der Waals surface area contributed by atoms with E-state index in [0.29, 0.717) is 11.1 Å². The number of nitrogens with one attached hydrogen (secondary N) is 1. The molecule has 0 aliphatic rings. The number of halogens is 6. The van der Waals surface area contributed by atoms with Crippen molar-refractivity contribution >= 4 is 101 Å². The molecule has 1 unspecified atom stereocenters. The molecule has 0 aliphatic heterocycles. The van der Waals surface area contributed by atoms with Gasteiger partial charge in [0.15, 0.2) is 12.5 Å². The molecule has 0 bridgehead atoms. The average molecular weight is 1250 g/mol. The summed E-state index contributed by atoms with van der Waals surface area (Å²) in [6.07, 6.45) is 0. The zero-order valence-corrected chi connectivity index (χ0v) is 52.2. The van der Waals surface area contributed by atoms with Crippen LogP contribution in [0.25, 0.3) is 0 Å². The number of ketones is 1. The number of nitrogens with zero attached hydrogens (tertiary/aromatic N) is 1. The van der Waals surface area contributed by atoms with Gasteiger partial charge in [-0.1, -0.05) is 84.2 Å². The fourth-order valence-corrected chi connectivity index (χ4v) is 5.67. The van der Waals surface area contributed by atoms with Crippen molar-refractivity contribution < 1.29 is 104 Å². The van der Waals surface area contributed by atoms with Gasteiger partial charge >= 0.3 is 29.6 Å². The van der Waals surface area contributed by atoms with Crippen molar-refractivity contribution in [3.63, 3.8) is 0 Å². The number of aliphatic hydroxyl groups is 4. The second kappa shape index (κ2) is 49.8. The number of Topliss-reactive ketones (excluding diaryl/α,β-unsaturated/α-hetero) is 1. The third kappa shape index (κ3) is 49.6. The maximum absolute atomic E-state index is 13.0. The molecule has 3 aromatic carbocycles. The van der Waals surface area contributed by atoms with Crippen LogP contribution in [-0.2, 0) is 54.7 Å². The molecule has 381 valence electrons. The van der Waals surface area contributed by atoms with E-state index in [4.69, 9.17) is 25.6 Å². The summed E-state index contributed by atoms with van der Waals surface area (Å²) < 4.78 is 80.1. The molecule has 0 heterocycles. The molecule has 11 nitrogen and oxygen atoms in total. The SMILES string of the molecule is CC(C)(C)[S@@](N)=O.CC(C)(C)[S@](=O)N=C(CF)c1cccc(Br)c1.CC(C)(C)[S@](=O)NC(CF)c1cccc(Br)c1.CCO.CCO.CCO.CCO.O=C(CF)c1cccc(Br)c1.[B].[H-].[Na+].[Ti]. The predicted octanol–water partition coefficient (Wildman–Crippen LogP) is 6.92. The van der Waals surface area contributed by atoms with E-state index >= 15 is 0 Å². The molecule has 23 heteroatoms. The van der Waals surface area contributed by atoms with Crippen molar-refractivity contribution in [3.05, 3.63) is 103 Å². The number of alkyl halides is 3. The summed E-state index contributed by atoms with van der Waals surface area (Å²) >= 11 is 9.84. The Kier molecular flexibility index (Phi) is 62.5. The molecule has 7 N–H and O–H groups in total. The van der Waals surface area contributed by atoms with Crippen LogP contribution in [0.2, 0.25) is 0 Å². The van der Waals surface area contributed by atoms with E-state index < -0.39 is 74.3 Å². The van der Waals surface area contributed by atoms with Crippen LogP contribution in [-0.4, -0.2) is 114 Å². The summed E-state index contributed by atoms with van der Waals surface area (Å²) in [6, 6.07) is 20.7. The fourth-order valence-electron chi connectivity index (χ4n) is 3.02. The van der Waals surface area contributed by atoms with Crippen LogP contribution in [0, 0.1) is 0 Å². The quantitative estimate of drug-likeness (QED) is 0.0754. The summed E-state index contributed by atoms with van der Waals surface area (Å²) in [5.74, 6) is -0.480. The second-order valence-corrected chi connectivity index (χ2v) is 23.5. The van der Waals surface area contributed by atoms with Gasteiger partial charge in [-0.3, -0.25) is 9.93 Å². The Bertz CT molecular complexity index is 1790. The Morgan fingerprint density at radius 1 is 0.672 bits per heavy atom. The molecule has 0 saturated heterocycles. The van der Waals surface area contributed by atoms with Gasteiger partial charge in [-0.15, -0.1) is 0 Å². The summed E-state index contributed by atoms with van der Waals surface area (Å²) in [5.41, 5.74) is 2.07. The van der Waals surface area contributed by atoms with Gasteiger partial charge in [-0.25, -0.2) is 30.5 Å². The van der Waals surface area contributed by atoms with Gasteiger partial charge in [-0.2, -0.15) is 4.40 Å². The van der Waals surface area contributed by atoms with E-state index in [9.17, 15) is 30.6 Å². The van der Waals surface area contributed by atoms with Gasteiger partial charge in [0.2, 0.25) is 0 Å². The van der Waals surface area contributed by atoms with Crippen molar-refractivity contribution in [2.45, 2.75) is 110 Å². The van der Waals surface area contributed by atoms with Crippen molar-refractivity contribution in [2.75, 3.05) is 46.5 Å². The fraction of sp³-hybridized carbons (Fsp3) is 0.545. The topological polar surface area (TPSA) is 200 Å². The maximum atomic E-state index is 13.0. The first-order valence-corrected chi connectivity index (χ1v) is 25.6. The first kappa shape index (κ1) is 84.0. The zero-order valence-electron chi connectivity index (χ0n) is 42.5. The standard InChI is InChI=1S/C12H17BrFNOS.C12H15BrFNOS.C8H6BrFO.C4H11NOS.4C2H6O.B.Na.Ti.H/c2*1-12(2,3)17(16)15-11(8-14)9-5-4-6-10(13)7-9;9-7-3-1-2-6(4-7)8(11)5-10;1-4(2,3)7(5)6;4*1-2-3;;;;/h4-7,11,15H,8H2,1-3H3;4-7H,8H2,1-3H3;1-4H,5H2;5H2,1-3H3;4*3H,2H2,1H3;;;;/q;;;;;;;;;+1;;-1/t11?,17-;17-;;7-;;;;;;;;/m00.0......../s1. The molecule has 3 radical (unpaired) electrons. The number of nitrogens with two attached hydrogens (primary N) is 1. The Morgan fingerprint density at radius 2 is 1.01 bits per heavy atom. The molecule has 0 amide bonds. The van der Waals surface area contributed by atoms with Gasteiger partial charge in [0, 0.05) is 81.1 Å². The zero-order chi connectivity index (χ0) is 51.3. The smallest absolute Gasteiger partial charge is 1.00 e. The summed E-state index contributed by atoms with van der Waals surface area (Å²) in [6.45, 7) is 22.0. The Hall–Kier alpha value is 0.219. The van der Waals surface area contributed by atoms with Crippen LogP contribution in [0.5, 0.6) is 0 Å². The van der Waals surface area contributed by atoms with E-state index in [2.05, 4.69) is 56.9 Å². The van der Waals surface area contributed by atoms with Crippen LogP contribution >= 0.6 is 47.8 Å². The van der Waals surface area contributed by atoms with Crippen molar-refractivity contribution in [1.82, 2.24) is 4.72 Å². The molecule has 0 aliphatic carbocycles. The maximum Gasteiger partial charge on any atom is 1.00 e. The van der Waals surface area contributed by atoms with Gasteiger partial charge in [-0.05, 0) is 132 Å².